The molecule has 2 aromatic carbocycles. The molecule has 1 aliphatic carbocycles. The molecule has 1 aliphatic rings. The smallest absolute Gasteiger partial charge is 0.416 e. The monoisotopic (exact) mass is 422 g/mol. The van der Waals surface area contributed by atoms with Gasteiger partial charge in [0.15, 0.2) is 5.78 Å². The van der Waals surface area contributed by atoms with E-state index in [1.807, 2.05) is 6.07 Å². The summed E-state index contributed by atoms with van der Waals surface area (Å²) in [6.07, 6.45) is -8.08. The van der Waals surface area contributed by atoms with E-state index in [1.54, 1.807) is 18.2 Å². The number of ketones is 1. The Balaban J connectivity index is 1.71. The molecule has 0 amide bonds. The van der Waals surface area contributed by atoms with Crippen LogP contribution in [0.4, 0.5) is 26.3 Å². The van der Waals surface area contributed by atoms with Crippen molar-refractivity contribution in [1.82, 2.24) is 0 Å². The van der Waals surface area contributed by atoms with Gasteiger partial charge in [0.2, 0.25) is 0 Å². The van der Waals surface area contributed by atoms with Gasteiger partial charge in [0.05, 0.1) is 11.1 Å². The second kappa shape index (κ2) is 6.90. The topological polar surface area (TPSA) is 30.2 Å². The van der Waals surface area contributed by atoms with Crippen LogP contribution in [0.25, 0.3) is 17.4 Å². The molecule has 2 nitrogen and oxygen atoms in total. The average Bonchev–Trinajstić information content (AvgIpc) is 3.26. The zero-order chi connectivity index (χ0) is 21.7. The number of rotatable bonds is 2. The summed E-state index contributed by atoms with van der Waals surface area (Å²) in [5.41, 5.74) is -1.38. The Hall–Kier alpha value is -3.29. The Labute approximate surface area is 166 Å². The Morgan fingerprint density at radius 2 is 1.47 bits per heavy atom. The predicted octanol–water partition coefficient (Wildman–Crippen LogP) is 6.81. The zero-order valence-corrected chi connectivity index (χ0v) is 15.1. The molecule has 0 unspecified atom stereocenters. The third-order valence-corrected chi connectivity index (χ3v) is 4.75. The van der Waals surface area contributed by atoms with E-state index in [4.69, 9.17) is 4.42 Å². The third kappa shape index (κ3) is 3.77. The Morgan fingerprint density at radius 3 is 2.07 bits per heavy atom. The molecule has 0 spiro atoms. The predicted molar refractivity (Wildman–Crippen MR) is 96.6 cm³/mol. The number of furan rings is 1. The molecule has 3 aromatic rings. The maximum Gasteiger partial charge on any atom is 0.416 e. The summed E-state index contributed by atoms with van der Waals surface area (Å²) < 4.78 is 83.8. The average molecular weight is 422 g/mol. The quantitative estimate of drug-likeness (QED) is 0.336. The fraction of sp³-hybridized carbons (Fsp3) is 0.136. The standard InChI is InChI=1S/C22H12F6O2/c23-21(24,25)15-8-13(9-16(11-15)22(26,27)28)19-6-5-17(30-19)10-14-7-12-3-1-2-4-18(12)20(14)29/h1-6,8-11H,7H2/b14-10-. The van der Waals surface area contributed by atoms with Crippen molar-refractivity contribution in [2.75, 3.05) is 0 Å². The van der Waals surface area contributed by atoms with Crippen molar-refractivity contribution < 1.29 is 35.6 Å². The molecule has 0 saturated heterocycles. The lowest BCUT2D eigenvalue weighted by molar-refractivity contribution is -0.143. The summed E-state index contributed by atoms with van der Waals surface area (Å²) >= 11 is 0. The van der Waals surface area contributed by atoms with Crippen LogP contribution >= 0.6 is 0 Å². The van der Waals surface area contributed by atoms with E-state index in [2.05, 4.69) is 0 Å². The maximum atomic E-state index is 13.1. The maximum absolute atomic E-state index is 13.1. The van der Waals surface area contributed by atoms with Crippen molar-refractivity contribution in [1.29, 1.82) is 0 Å². The highest BCUT2D eigenvalue weighted by Crippen LogP contribution is 2.39. The summed E-state index contributed by atoms with van der Waals surface area (Å²) in [5.74, 6) is -0.199. The van der Waals surface area contributed by atoms with Crippen molar-refractivity contribution >= 4 is 11.9 Å². The first-order valence-electron chi connectivity index (χ1n) is 8.75. The number of carbonyl (C=O) groups is 1. The Bertz CT molecular complexity index is 1130. The number of carbonyl (C=O) groups excluding carboxylic acids is 1. The van der Waals surface area contributed by atoms with Gasteiger partial charge in [-0.05, 0) is 42.0 Å². The number of allylic oxidation sites excluding steroid dienone is 1. The van der Waals surface area contributed by atoms with E-state index in [1.165, 1.54) is 18.2 Å². The normalized spacial score (nSPS) is 15.7. The number of Topliss-reactive ketones (excluding diaryl/α,β-unsaturated/α-hetero) is 1. The van der Waals surface area contributed by atoms with Gasteiger partial charge in [-0.25, -0.2) is 0 Å². The largest absolute Gasteiger partial charge is 0.457 e. The summed E-state index contributed by atoms with van der Waals surface area (Å²) in [6.45, 7) is 0. The van der Waals surface area contributed by atoms with Crippen molar-refractivity contribution in [3.63, 3.8) is 0 Å². The van der Waals surface area contributed by atoms with Crippen molar-refractivity contribution in [2.24, 2.45) is 0 Å². The van der Waals surface area contributed by atoms with Gasteiger partial charge in [-0.2, -0.15) is 26.3 Å². The first-order chi connectivity index (χ1) is 14.0. The molecule has 0 bridgehead atoms. The van der Waals surface area contributed by atoms with Crippen LogP contribution in [0.5, 0.6) is 0 Å². The minimum Gasteiger partial charge on any atom is -0.457 e. The van der Waals surface area contributed by atoms with Crippen LogP contribution < -0.4 is 0 Å². The van der Waals surface area contributed by atoms with Gasteiger partial charge in [-0.1, -0.05) is 24.3 Å². The van der Waals surface area contributed by atoms with Crippen LogP contribution in [0.15, 0.2) is 64.6 Å². The van der Waals surface area contributed by atoms with Crippen LogP contribution in [0.3, 0.4) is 0 Å². The summed E-state index contributed by atoms with van der Waals surface area (Å²) in [6, 6.07) is 11.0. The lowest BCUT2D eigenvalue weighted by Gasteiger charge is -2.13. The molecule has 0 fully saturated rings. The molecule has 30 heavy (non-hydrogen) atoms. The second-order valence-corrected chi connectivity index (χ2v) is 6.83. The van der Waals surface area contributed by atoms with Crippen LogP contribution in [0.2, 0.25) is 0 Å². The van der Waals surface area contributed by atoms with Gasteiger partial charge >= 0.3 is 12.4 Å². The van der Waals surface area contributed by atoms with E-state index in [0.717, 1.165) is 5.56 Å². The summed E-state index contributed by atoms with van der Waals surface area (Å²) in [4.78, 5) is 12.4. The summed E-state index contributed by atoms with van der Waals surface area (Å²) in [5, 5.41) is 0. The highest BCUT2D eigenvalue weighted by atomic mass is 19.4. The van der Waals surface area contributed by atoms with Gasteiger partial charge in [-0.15, -0.1) is 0 Å². The number of alkyl halides is 6. The molecular weight excluding hydrogens is 410 g/mol. The van der Waals surface area contributed by atoms with Crippen molar-refractivity contribution in [3.8, 4) is 11.3 Å². The van der Waals surface area contributed by atoms with E-state index in [0.29, 0.717) is 29.7 Å². The fourth-order valence-corrected chi connectivity index (χ4v) is 3.33. The molecule has 1 aromatic heterocycles. The van der Waals surface area contributed by atoms with Crippen LogP contribution in [0.1, 0.15) is 32.8 Å². The third-order valence-electron chi connectivity index (χ3n) is 4.75. The Kier molecular flexibility index (Phi) is 4.60. The van der Waals surface area contributed by atoms with E-state index < -0.39 is 23.5 Å². The minimum atomic E-state index is -4.95. The van der Waals surface area contributed by atoms with Crippen LogP contribution in [0, 0.1) is 0 Å². The molecule has 1 heterocycles. The molecule has 0 saturated carbocycles. The van der Waals surface area contributed by atoms with Gasteiger partial charge in [0.25, 0.3) is 0 Å². The molecule has 154 valence electrons. The zero-order valence-electron chi connectivity index (χ0n) is 15.1. The number of fused-ring (bicyclic) bond motifs is 1. The number of hydrogen-bond acceptors (Lipinski definition) is 2. The first-order valence-corrected chi connectivity index (χ1v) is 8.75. The highest BCUT2D eigenvalue weighted by molar-refractivity contribution is 6.15. The molecular formula is C22H12F6O2. The first kappa shape index (κ1) is 20.0. The van der Waals surface area contributed by atoms with E-state index in [-0.39, 0.29) is 28.9 Å². The highest BCUT2D eigenvalue weighted by Gasteiger charge is 2.37. The van der Waals surface area contributed by atoms with Crippen molar-refractivity contribution in [2.45, 2.75) is 18.8 Å². The Morgan fingerprint density at radius 1 is 0.833 bits per heavy atom. The van der Waals surface area contributed by atoms with E-state index >= 15 is 0 Å². The number of halogens is 6. The molecule has 8 heteroatoms. The summed E-state index contributed by atoms with van der Waals surface area (Å²) in [7, 11) is 0. The molecule has 0 atom stereocenters. The van der Waals surface area contributed by atoms with E-state index in [9.17, 15) is 31.1 Å². The number of hydrogen-bond donors (Lipinski definition) is 0. The fourth-order valence-electron chi connectivity index (χ4n) is 3.33. The molecule has 0 aliphatic heterocycles. The second-order valence-electron chi connectivity index (χ2n) is 6.83. The van der Waals surface area contributed by atoms with Crippen molar-refractivity contribution in [3.05, 3.63) is 88.2 Å². The van der Waals surface area contributed by atoms with Gasteiger partial charge in [0.1, 0.15) is 11.5 Å². The van der Waals surface area contributed by atoms with Gasteiger partial charge < -0.3 is 4.42 Å². The van der Waals surface area contributed by atoms with Crippen LogP contribution in [-0.4, -0.2) is 5.78 Å². The lowest BCUT2D eigenvalue weighted by Crippen LogP contribution is -2.11. The number of benzene rings is 2. The van der Waals surface area contributed by atoms with Gasteiger partial charge in [0, 0.05) is 23.1 Å². The minimum absolute atomic E-state index is 0.0593. The SMILES string of the molecule is O=C1/C(=C\c2ccc(-c3cc(C(F)(F)F)cc(C(F)(F)F)c3)o2)Cc2ccccc21. The van der Waals surface area contributed by atoms with Crippen LogP contribution in [-0.2, 0) is 18.8 Å². The molecule has 0 radical (unpaired) electrons. The lowest BCUT2D eigenvalue weighted by atomic mass is 10.0. The molecule has 4 rings (SSSR count). The molecule has 0 N–H and O–H groups in total. The van der Waals surface area contributed by atoms with Gasteiger partial charge in [-0.3, -0.25) is 4.79 Å².